The van der Waals surface area contributed by atoms with E-state index < -0.39 is 0 Å². The lowest BCUT2D eigenvalue weighted by Gasteiger charge is -2.29. The van der Waals surface area contributed by atoms with Crippen molar-refractivity contribution < 1.29 is 0 Å². The molecule has 1 aromatic carbocycles. The summed E-state index contributed by atoms with van der Waals surface area (Å²) in [5.41, 5.74) is 2.27. The highest BCUT2D eigenvalue weighted by Crippen LogP contribution is 2.30. The first kappa shape index (κ1) is 17.0. The molecule has 136 valence electrons. The Bertz CT molecular complexity index is 805. The number of nitrogens with one attached hydrogen (secondary N) is 2. The van der Waals surface area contributed by atoms with E-state index in [0.29, 0.717) is 6.04 Å². The molecular formula is C21H27N5. The third kappa shape index (κ3) is 4.21. The van der Waals surface area contributed by atoms with Crippen LogP contribution in [0.5, 0.6) is 0 Å². The molecule has 0 radical (unpaired) electrons. The summed E-state index contributed by atoms with van der Waals surface area (Å²) in [6.07, 6.45) is 13.7. The summed E-state index contributed by atoms with van der Waals surface area (Å²) in [5, 5.41) is 11.6. The fourth-order valence-electron chi connectivity index (χ4n) is 4.08. The van der Waals surface area contributed by atoms with Crippen LogP contribution in [0.25, 0.3) is 11.0 Å². The third-order valence-electron chi connectivity index (χ3n) is 5.61. The molecule has 0 bridgehead atoms. The fraction of sp³-hybridized carbons (Fsp3) is 0.476. The van der Waals surface area contributed by atoms with Gasteiger partial charge in [0.15, 0.2) is 5.65 Å². The van der Waals surface area contributed by atoms with Crippen molar-refractivity contribution in [3.8, 4) is 0 Å². The SMILES string of the molecule is c1ccc(CCCCC2CCC(Nc3ncnc4[nH]ncc34)CC2)cc1. The smallest absolute Gasteiger partial charge is 0.160 e. The summed E-state index contributed by atoms with van der Waals surface area (Å²) in [7, 11) is 0. The molecule has 0 aliphatic heterocycles. The lowest BCUT2D eigenvalue weighted by Crippen LogP contribution is -2.26. The molecule has 26 heavy (non-hydrogen) atoms. The van der Waals surface area contributed by atoms with Crippen molar-refractivity contribution in [2.75, 3.05) is 5.32 Å². The number of hydrogen-bond donors (Lipinski definition) is 2. The highest BCUT2D eigenvalue weighted by atomic mass is 15.2. The number of fused-ring (bicyclic) bond motifs is 1. The van der Waals surface area contributed by atoms with Gasteiger partial charge in [-0.25, -0.2) is 9.97 Å². The first-order valence-electron chi connectivity index (χ1n) is 9.83. The van der Waals surface area contributed by atoms with Gasteiger partial charge >= 0.3 is 0 Å². The minimum atomic E-state index is 0.517. The molecule has 2 heterocycles. The van der Waals surface area contributed by atoms with Crippen LogP contribution in [0.3, 0.4) is 0 Å². The van der Waals surface area contributed by atoms with Gasteiger partial charge in [-0.3, -0.25) is 5.10 Å². The number of unbranched alkanes of at least 4 members (excludes halogenated alkanes) is 1. The van der Waals surface area contributed by atoms with Crippen molar-refractivity contribution in [3.63, 3.8) is 0 Å². The number of benzene rings is 1. The second-order valence-electron chi connectivity index (χ2n) is 7.45. The molecule has 3 aromatic rings. The van der Waals surface area contributed by atoms with Gasteiger partial charge in [0.05, 0.1) is 11.6 Å². The minimum Gasteiger partial charge on any atom is -0.367 e. The molecule has 1 saturated carbocycles. The van der Waals surface area contributed by atoms with Crippen LogP contribution in [-0.2, 0) is 6.42 Å². The number of hydrogen-bond acceptors (Lipinski definition) is 4. The molecule has 0 atom stereocenters. The topological polar surface area (TPSA) is 66.5 Å². The number of aromatic amines is 1. The van der Waals surface area contributed by atoms with Crippen LogP contribution in [0.2, 0.25) is 0 Å². The number of nitrogens with zero attached hydrogens (tertiary/aromatic N) is 3. The van der Waals surface area contributed by atoms with E-state index in [9.17, 15) is 0 Å². The fourth-order valence-corrected chi connectivity index (χ4v) is 4.08. The van der Waals surface area contributed by atoms with Crippen LogP contribution in [0.4, 0.5) is 5.82 Å². The van der Waals surface area contributed by atoms with E-state index in [-0.39, 0.29) is 0 Å². The van der Waals surface area contributed by atoms with Gasteiger partial charge in [0.25, 0.3) is 0 Å². The Morgan fingerprint density at radius 2 is 1.85 bits per heavy atom. The lowest BCUT2D eigenvalue weighted by molar-refractivity contribution is 0.313. The molecule has 5 heteroatoms. The maximum atomic E-state index is 4.40. The predicted molar refractivity (Wildman–Crippen MR) is 105 cm³/mol. The molecule has 1 aliphatic rings. The standard InChI is InChI=1S/C21H27N5/c1-2-6-16(7-3-1)8-4-5-9-17-10-12-18(13-11-17)25-20-19-14-24-26-21(19)23-15-22-20/h1-3,6-7,14-15,17-18H,4-5,8-13H2,(H2,22,23,24,25,26). The Kier molecular flexibility index (Phi) is 5.43. The van der Waals surface area contributed by atoms with E-state index in [1.165, 1.54) is 56.9 Å². The first-order valence-corrected chi connectivity index (χ1v) is 9.83. The summed E-state index contributed by atoms with van der Waals surface area (Å²) in [6.45, 7) is 0. The maximum Gasteiger partial charge on any atom is 0.160 e. The summed E-state index contributed by atoms with van der Waals surface area (Å²) >= 11 is 0. The quantitative estimate of drug-likeness (QED) is 0.605. The second-order valence-corrected chi connectivity index (χ2v) is 7.45. The summed E-state index contributed by atoms with van der Waals surface area (Å²) in [4.78, 5) is 8.60. The molecule has 0 unspecified atom stereocenters. The Hall–Kier alpha value is -2.43. The number of aromatic nitrogens is 4. The predicted octanol–water partition coefficient (Wildman–Crippen LogP) is 4.74. The van der Waals surface area contributed by atoms with Crippen molar-refractivity contribution in [1.82, 2.24) is 20.2 Å². The number of aryl methyl sites for hydroxylation is 1. The highest BCUT2D eigenvalue weighted by molar-refractivity contribution is 5.85. The van der Waals surface area contributed by atoms with Gasteiger partial charge in [0.2, 0.25) is 0 Å². The molecule has 0 spiro atoms. The van der Waals surface area contributed by atoms with E-state index >= 15 is 0 Å². The van der Waals surface area contributed by atoms with Crippen LogP contribution < -0.4 is 5.32 Å². The Morgan fingerprint density at radius 1 is 1.00 bits per heavy atom. The van der Waals surface area contributed by atoms with Crippen LogP contribution in [0.1, 0.15) is 50.5 Å². The Balaban J connectivity index is 1.19. The molecule has 1 fully saturated rings. The second kappa shape index (κ2) is 8.30. The van der Waals surface area contributed by atoms with Crippen molar-refractivity contribution in [2.24, 2.45) is 5.92 Å². The molecule has 4 rings (SSSR count). The van der Waals surface area contributed by atoms with E-state index in [1.54, 1.807) is 12.5 Å². The van der Waals surface area contributed by atoms with E-state index in [2.05, 4.69) is 55.8 Å². The Morgan fingerprint density at radius 3 is 2.69 bits per heavy atom. The first-order chi connectivity index (χ1) is 12.9. The van der Waals surface area contributed by atoms with Gasteiger partial charge in [0, 0.05) is 6.04 Å². The highest BCUT2D eigenvalue weighted by Gasteiger charge is 2.21. The molecule has 2 N–H and O–H groups in total. The summed E-state index contributed by atoms with van der Waals surface area (Å²) in [6, 6.07) is 11.4. The third-order valence-corrected chi connectivity index (χ3v) is 5.61. The van der Waals surface area contributed by atoms with Gasteiger partial charge in [-0.1, -0.05) is 43.2 Å². The zero-order valence-corrected chi connectivity index (χ0v) is 15.2. The van der Waals surface area contributed by atoms with Gasteiger partial charge in [-0.15, -0.1) is 0 Å². The minimum absolute atomic E-state index is 0.517. The van der Waals surface area contributed by atoms with Crippen LogP contribution in [0.15, 0.2) is 42.9 Å². The van der Waals surface area contributed by atoms with E-state index in [0.717, 1.165) is 22.8 Å². The zero-order valence-electron chi connectivity index (χ0n) is 15.2. The molecule has 5 nitrogen and oxygen atoms in total. The van der Waals surface area contributed by atoms with Crippen molar-refractivity contribution in [1.29, 1.82) is 0 Å². The monoisotopic (exact) mass is 349 g/mol. The number of anilines is 1. The van der Waals surface area contributed by atoms with Crippen molar-refractivity contribution >= 4 is 16.9 Å². The number of H-pyrrole nitrogens is 1. The van der Waals surface area contributed by atoms with Gasteiger partial charge in [0.1, 0.15) is 12.1 Å². The van der Waals surface area contributed by atoms with Crippen molar-refractivity contribution in [2.45, 2.75) is 57.4 Å². The lowest BCUT2D eigenvalue weighted by atomic mass is 9.83. The van der Waals surface area contributed by atoms with Gasteiger partial charge in [-0.2, -0.15) is 5.10 Å². The van der Waals surface area contributed by atoms with E-state index in [4.69, 9.17) is 0 Å². The van der Waals surface area contributed by atoms with Crippen molar-refractivity contribution in [3.05, 3.63) is 48.4 Å². The molecule has 0 saturated heterocycles. The summed E-state index contributed by atoms with van der Waals surface area (Å²) < 4.78 is 0. The van der Waals surface area contributed by atoms with Crippen LogP contribution in [-0.4, -0.2) is 26.2 Å². The molecule has 2 aromatic heterocycles. The molecule has 1 aliphatic carbocycles. The summed E-state index contributed by atoms with van der Waals surface area (Å²) in [5.74, 6) is 1.80. The largest absolute Gasteiger partial charge is 0.367 e. The zero-order chi connectivity index (χ0) is 17.6. The van der Waals surface area contributed by atoms with Gasteiger partial charge in [-0.05, 0) is 50.0 Å². The van der Waals surface area contributed by atoms with Crippen LogP contribution >= 0.6 is 0 Å². The maximum absolute atomic E-state index is 4.40. The molecular weight excluding hydrogens is 322 g/mol. The van der Waals surface area contributed by atoms with E-state index in [1.807, 2.05) is 0 Å². The normalized spacial score (nSPS) is 20.3. The Labute approximate surface area is 154 Å². The molecule has 0 amide bonds. The number of rotatable bonds is 7. The average Bonchev–Trinajstić information content (AvgIpc) is 3.17. The average molecular weight is 349 g/mol. The van der Waals surface area contributed by atoms with Gasteiger partial charge < -0.3 is 5.32 Å². The van der Waals surface area contributed by atoms with Crippen LogP contribution in [0, 0.1) is 5.92 Å².